The van der Waals surface area contributed by atoms with Crippen molar-refractivity contribution in [3.05, 3.63) is 83.0 Å². The quantitative estimate of drug-likeness (QED) is 0.404. The molecule has 0 spiro atoms. The van der Waals surface area contributed by atoms with Crippen molar-refractivity contribution in [2.75, 3.05) is 0 Å². The fourth-order valence-electron chi connectivity index (χ4n) is 2.63. The molecule has 28 heavy (non-hydrogen) atoms. The number of carbonyl (C=O) groups excluding carboxylic acids is 2. The summed E-state index contributed by atoms with van der Waals surface area (Å²) in [6, 6.07) is 15.6. The molecule has 0 radical (unpaired) electrons. The molecule has 2 amide bonds. The molecule has 142 valence electrons. The van der Waals surface area contributed by atoms with E-state index in [1.165, 1.54) is 18.3 Å². The highest BCUT2D eigenvalue weighted by Crippen LogP contribution is 2.23. The number of hydrogen-bond donors (Lipinski definition) is 4. The van der Waals surface area contributed by atoms with Gasteiger partial charge in [-0.15, -0.1) is 0 Å². The molecule has 7 heteroatoms. The van der Waals surface area contributed by atoms with Gasteiger partial charge in [-0.3, -0.25) is 19.8 Å². The third-order valence-corrected chi connectivity index (χ3v) is 4.25. The summed E-state index contributed by atoms with van der Waals surface area (Å²) >= 11 is 0. The maximum Gasteiger partial charge on any atom is 0.274 e. The standard InChI is InChI=1S/C21H19N3O4/c1-13-2-6-15(7-3-13)18-10-17(19(25)12-22-18)21(27)23-11-14-4-8-16(9-5-14)20(26)24-28/h2-10,12,25,28H,11H2,1H3,(H,23,27)(H,24,26). The van der Waals surface area contributed by atoms with Gasteiger partial charge in [0.1, 0.15) is 5.75 Å². The van der Waals surface area contributed by atoms with E-state index in [4.69, 9.17) is 5.21 Å². The van der Waals surface area contributed by atoms with Crippen LogP contribution in [0.1, 0.15) is 31.8 Å². The number of benzene rings is 2. The molecule has 0 aliphatic heterocycles. The van der Waals surface area contributed by atoms with Gasteiger partial charge in [0.15, 0.2) is 0 Å². The fourth-order valence-corrected chi connectivity index (χ4v) is 2.63. The third kappa shape index (κ3) is 4.33. The average Bonchev–Trinajstić information content (AvgIpc) is 2.73. The third-order valence-electron chi connectivity index (χ3n) is 4.25. The number of carbonyl (C=O) groups is 2. The Kier molecular flexibility index (Phi) is 5.67. The number of aryl methyl sites for hydroxylation is 1. The Hall–Kier alpha value is -3.71. The van der Waals surface area contributed by atoms with Crippen LogP contribution >= 0.6 is 0 Å². The predicted molar refractivity (Wildman–Crippen MR) is 103 cm³/mol. The van der Waals surface area contributed by atoms with Crippen molar-refractivity contribution in [3.63, 3.8) is 0 Å². The minimum atomic E-state index is -0.610. The van der Waals surface area contributed by atoms with Crippen LogP contribution in [-0.2, 0) is 6.54 Å². The molecular weight excluding hydrogens is 358 g/mol. The smallest absolute Gasteiger partial charge is 0.274 e. The molecule has 1 aromatic heterocycles. The van der Waals surface area contributed by atoms with Gasteiger partial charge in [-0.2, -0.15) is 0 Å². The SMILES string of the molecule is Cc1ccc(-c2cc(C(=O)NCc3ccc(C(=O)NO)cc3)c(O)cn2)cc1. The molecule has 2 aromatic carbocycles. The summed E-state index contributed by atoms with van der Waals surface area (Å²) in [7, 11) is 0. The molecule has 0 atom stereocenters. The Balaban J connectivity index is 1.72. The first-order chi connectivity index (χ1) is 13.5. The van der Waals surface area contributed by atoms with Crippen LogP contribution in [0.5, 0.6) is 5.75 Å². The number of pyridine rings is 1. The van der Waals surface area contributed by atoms with Gasteiger partial charge in [0, 0.05) is 17.7 Å². The van der Waals surface area contributed by atoms with Crippen molar-refractivity contribution in [2.45, 2.75) is 13.5 Å². The van der Waals surface area contributed by atoms with Crippen LogP contribution in [-0.4, -0.2) is 27.1 Å². The van der Waals surface area contributed by atoms with E-state index >= 15 is 0 Å². The molecule has 1 heterocycles. The molecule has 0 saturated carbocycles. The van der Waals surface area contributed by atoms with Crippen molar-refractivity contribution in [1.82, 2.24) is 15.8 Å². The first-order valence-corrected chi connectivity index (χ1v) is 8.55. The molecule has 0 saturated heterocycles. The van der Waals surface area contributed by atoms with Crippen LogP contribution in [0.4, 0.5) is 0 Å². The van der Waals surface area contributed by atoms with Crippen LogP contribution < -0.4 is 10.8 Å². The zero-order valence-electron chi connectivity index (χ0n) is 15.1. The van der Waals surface area contributed by atoms with Crippen LogP contribution in [0.2, 0.25) is 0 Å². The fraction of sp³-hybridized carbons (Fsp3) is 0.0952. The molecule has 4 N–H and O–H groups in total. The number of aromatic hydroxyl groups is 1. The van der Waals surface area contributed by atoms with Gasteiger partial charge in [-0.1, -0.05) is 42.0 Å². The lowest BCUT2D eigenvalue weighted by Gasteiger charge is -2.09. The Bertz CT molecular complexity index is 999. The minimum absolute atomic E-state index is 0.127. The summed E-state index contributed by atoms with van der Waals surface area (Å²) in [5.41, 5.74) is 5.29. The maximum absolute atomic E-state index is 12.5. The molecule has 0 aliphatic carbocycles. The Morgan fingerprint density at radius 1 is 1.00 bits per heavy atom. The minimum Gasteiger partial charge on any atom is -0.505 e. The van der Waals surface area contributed by atoms with E-state index in [9.17, 15) is 14.7 Å². The zero-order chi connectivity index (χ0) is 20.1. The van der Waals surface area contributed by atoms with Crippen LogP contribution in [0.25, 0.3) is 11.3 Å². The molecule has 0 aliphatic rings. The maximum atomic E-state index is 12.5. The number of nitrogens with zero attached hydrogens (tertiary/aromatic N) is 1. The Labute approximate surface area is 161 Å². The predicted octanol–water partition coefficient (Wildman–Crippen LogP) is 2.81. The Morgan fingerprint density at radius 3 is 2.32 bits per heavy atom. The molecule has 0 bridgehead atoms. The van der Waals surface area contributed by atoms with Gasteiger partial charge >= 0.3 is 0 Å². The number of nitrogens with one attached hydrogen (secondary N) is 2. The van der Waals surface area contributed by atoms with Gasteiger partial charge in [0.25, 0.3) is 11.8 Å². The van der Waals surface area contributed by atoms with E-state index in [2.05, 4.69) is 10.3 Å². The number of amides is 2. The van der Waals surface area contributed by atoms with E-state index in [1.54, 1.807) is 23.7 Å². The van der Waals surface area contributed by atoms with E-state index in [1.807, 2.05) is 31.2 Å². The summed E-state index contributed by atoms with van der Waals surface area (Å²) in [4.78, 5) is 28.0. The highest BCUT2D eigenvalue weighted by molar-refractivity contribution is 5.97. The molecule has 7 nitrogen and oxygen atoms in total. The van der Waals surface area contributed by atoms with Crippen molar-refractivity contribution >= 4 is 11.8 Å². The van der Waals surface area contributed by atoms with Crippen molar-refractivity contribution < 1.29 is 19.9 Å². The second kappa shape index (κ2) is 8.32. The average molecular weight is 377 g/mol. The zero-order valence-corrected chi connectivity index (χ0v) is 15.1. The summed E-state index contributed by atoms with van der Waals surface area (Å²) in [5, 5.41) is 21.4. The number of rotatable bonds is 5. The van der Waals surface area contributed by atoms with E-state index in [0.717, 1.165) is 16.7 Å². The monoisotopic (exact) mass is 377 g/mol. The lowest BCUT2D eigenvalue weighted by Crippen LogP contribution is -2.23. The second-order valence-electron chi connectivity index (χ2n) is 6.27. The number of hydroxylamine groups is 1. The lowest BCUT2D eigenvalue weighted by atomic mass is 10.1. The van der Waals surface area contributed by atoms with E-state index in [-0.39, 0.29) is 17.9 Å². The van der Waals surface area contributed by atoms with Crippen molar-refractivity contribution in [1.29, 1.82) is 0 Å². The summed E-state index contributed by atoms with van der Waals surface area (Å²) in [6.07, 6.45) is 1.26. The molecular formula is C21H19N3O4. The van der Waals surface area contributed by atoms with Crippen molar-refractivity contribution in [2.24, 2.45) is 0 Å². The second-order valence-corrected chi connectivity index (χ2v) is 6.27. The summed E-state index contributed by atoms with van der Waals surface area (Å²) in [5.74, 6) is -1.25. The topological polar surface area (TPSA) is 112 Å². The van der Waals surface area contributed by atoms with E-state index < -0.39 is 11.8 Å². The molecule has 3 aromatic rings. The Morgan fingerprint density at radius 2 is 1.68 bits per heavy atom. The van der Waals surface area contributed by atoms with Gasteiger partial charge in [-0.05, 0) is 30.7 Å². The van der Waals surface area contributed by atoms with E-state index in [0.29, 0.717) is 11.3 Å². The van der Waals surface area contributed by atoms with Crippen LogP contribution in [0, 0.1) is 6.92 Å². The van der Waals surface area contributed by atoms with Gasteiger partial charge in [0.05, 0.1) is 17.5 Å². The van der Waals surface area contributed by atoms with Gasteiger partial charge < -0.3 is 10.4 Å². The largest absolute Gasteiger partial charge is 0.505 e. The molecule has 3 rings (SSSR count). The number of aromatic nitrogens is 1. The first kappa shape index (κ1) is 19.1. The van der Waals surface area contributed by atoms with Gasteiger partial charge in [0.2, 0.25) is 0 Å². The van der Waals surface area contributed by atoms with Gasteiger partial charge in [-0.25, -0.2) is 5.48 Å². The lowest BCUT2D eigenvalue weighted by molar-refractivity contribution is 0.0706. The number of hydrogen-bond acceptors (Lipinski definition) is 5. The highest BCUT2D eigenvalue weighted by atomic mass is 16.5. The van der Waals surface area contributed by atoms with Crippen LogP contribution in [0.15, 0.2) is 60.8 Å². The van der Waals surface area contributed by atoms with Crippen molar-refractivity contribution in [3.8, 4) is 17.0 Å². The summed E-state index contributed by atoms with van der Waals surface area (Å²) < 4.78 is 0. The molecule has 0 unspecified atom stereocenters. The first-order valence-electron chi connectivity index (χ1n) is 8.55. The summed E-state index contributed by atoms with van der Waals surface area (Å²) in [6.45, 7) is 2.19. The normalized spacial score (nSPS) is 10.4. The van der Waals surface area contributed by atoms with Crippen LogP contribution in [0.3, 0.4) is 0 Å². The highest BCUT2D eigenvalue weighted by Gasteiger charge is 2.14. The molecule has 0 fully saturated rings.